The Kier molecular flexibility index (Phi) is 4.46. The number of hydrogen-bond donors (Lipinski definition) is 0. The van der Waals surface area contributed by atoms with Crippen LogP contribution in [0.1, 0.15) is 12.8 Å². The Morgan fingerprint density at radius 1 is 1.00 bits per heavy atom. The van der Waals surface area contributed by atoms with E-state index in [0.29, 0.717) is 16.9 Å². The molecular formula is C21H25N3O2S2. The van der Waals surface area contributed by atoms with E-state index in [1.807, 2.05) is 12.1 Å². The average Bonchev–Trinajstić information content (AvgIpc) is 2.72. The van der Waals surface area contributed by atoms with E-state index >= 15 is 0 Å². The molecule has 0 spiro atoms. The maximum Gasteiger partial charge on any atom is 0.242 e. The van der Waals surface area contributed by atoms with Crippen LogP contribution < -0.4 is 4.90 Å². The highest BCUT2D eigenvalue weighted by Crippen LogP contribution is 2.51. The number of sulfonamides is 1. The summed E-state index contributed by atoms with van der Waals surface area (Å²) in [6, 6.07) is 14.5. The van der Waals surface area contributed by atoms with Gasteiger partial charge in [0, 0.05) is 36.5 Å². The maximum absolute atomic E-state index is 12.8. The Labute approximate surface area is 171 Å². The van der Waals surface area contributed by atoms with Crippen molar-refractivity contribution in [2.45, 2.75) is 33.6 Å². The quantitative estimate of drug-likeness (QED) is 0.766. The third kappa shape index (κ3) is 2.87. The summed E-state index contributed by atoms with van der Waals surface area (Å²) in [5.41, 5.74) is 2.24. The van der Waals surface area contributed by atoms with Crippen molar-refractivity contribution in [3.05, 3.63) is 42.5 Å². The lowest BCUT2D eigenvalue weighted by molar-refractivity contribution is 0.0891. The molecule has 6 rings (SSSR count). The average molecular weight is 416 g/mol. The molecule has 3 fully saturated rings. The SMILES string of the molecule is CN(C)S(=O)(=O)c1ccc2c(c1)N(C1CN3CCC1CC3)c1ccccc1S2. The lowest BCUT2D eigenvalue weighted by atomic mass is 9.82. The minimum absolute atomic E-state index is 0.363. The molecule has 1 unspecified atom stereocenters. The summed E-state index contributed by atoms with van der Waals surface area (Å²) < 4.78 is 26.8. The molecule has 0 aromatic heterocycles. The number of para-hydroxylation sites is 1. The second-order valence-electron chi connectivity index (χ2n) is 8.06. The molecule has 2 bridgehead atoms. The summed E-state index contributed by atoms with van der Waals surface area (Å²) in [7, 11) is -0.291. The third-order valence-corrected chi connectivity index (χ3v) is 9.21. The topological polar surface area (TPSA) is 43.9 Å². The molecule has 148 valence electrons. The number of nitrogens with zero attached hydrogens (tertiary/aromatic N) is 3. The molecule has 0 radical (unpaired) electrons. The molecule has 0 N–H and O–H groups in total. The lowest BCUT2D eigenvalue weighted by Gasteiger charge is -2.51. The van der Waals surface area contributed by atoms with Crippen LogP contribution in [0.25, 0.3) is 0 Å². The van der Waals surface area contributed by atoms with Crippen LogP contribution in [-0.4, -0.2) is 57.4 Å². The first-order valence-corrected chi connectivity index (χ1v) is 12.1. The number of fused-ring (bicyclic) bond motifs is 5. The van der Waals surface area contributed by atoms with Crippen LogP contribution in [0.4, 0.5) is 11.4 Å². The van der Waals surface area contributed by atoms with E-state index < -0.39 is 10.0 Å². The summed E-state index contributed by atoms with van der Waals surface area (Å²) in [5.74, 6) is 0.656. The van der Waals surface area contributed by atoms with Gasteiger partial charge in [-0.3, -0.25) is 0 Å². The smallest absolute Gasteiger partial charge is 0.242 e. The number of rotatable bonds is 3. The molecule has 2 aromatic carbocycles. The Balaban J connectivity index is 1.66. The standard InChI is InChI=1S/C21H25N3O2S2/c1-22(2)28(25,26)16-7-8-21-18(13-16)24(17-5-3-4-6-20(17)27-21)19-14-23-11-9-15(19)10-12-23/h3-8,13,15,19H,9-12,14H2,1-2H3. The first-order valence-electron chi connectivity index (χ1n) is 9.80. The summed E-state index contributed by atoms with van der Waals surface area (Å²) in [6.45, 7) is 3.42. The fourth-order valence-electron chi connectivity index (χ4n) is 4.72. The fourth-order valence-corrected chi connectivity index (χ4v) is 6.69. The molecule has 0 saturated carbocycles. The van der Waals surface area contributed by atoms with Gasteiger partial charge in [-0.15, -0.1) is 0 Å². The van der Waals surface area contributed by atoms with Gasteiger partial charge >= 0.3 is 0 Å². The van der Waals surface area contributed by atoms with Gasteiger partial charge < -0.3 is 9.80 Å². The molecule has 4 heterocycles. The van der Waals surface area contributed by atoms with Crippen LogP contribution in [0.5, 0.6) is 0 Å². The summed E-state index contributed by atoms with van der Waals surface area (Å²) >= 11 is 1.73. The largest absolute Gasteiger partial charge is 0.335 e. The zero-order valence-electron chi connectivity index (χ0n) is 16.2. The normalized spacial score (nSPS) is 26.2. The van der Waals surface area contributed by atoms with Crippen molar-refractivity contribution in [2.75, 3.05) is 38.6 Å². The number of piperidine rings is 3. The highest BCUT2D eigenvalue weighted by atomic mass is 32.2. The van der Waals surface area contributed by atoms with Crippen molar-refractivity contribution in [2.24, 2.45) is 5.92 Å². The third-order valence-electron chi connectivity index (χ3n) is 6.27. The summed E-state index contributed by atoms with van der Waals surface area (Å²) in [6.07, 6.45) is 2.45. The van der Waals surface area contributed by atoms with Crippen molar-refractivity contribution in [3.8, 4) is 0 Å². The Morgan fingerprint density at radius 3 is 2.39 bits per heavy atom. The first-order chi connectivity index (χ1) is 13.4. The van der Waals surface area contributed by atoms with Gasteiger partial charge in [-0.2, -0.15) is 0 Å². The van der Waals surface area contributed by atoms with Gasteiger partial charge in [-0.05, 0) is 62.2 Å². The van der Waals surface area contributed by atoms with Crippen molar-refractivity contribution in [1.29, 1.82) is 0 Å². The van der Waals surface area contributed by atoms with Crippen LogP contribution in [0, 0.1) is 5.92 Å². The number of benzene rings is 2. The van der Waals surface area contributed by atoms with Gasteiger partial charge in [0.2, 0.25) is 10.0 Å². The molecular weight excluding hydrogens is 390 g/mol. The second-order valence-corrected chi connectivity index (χ2v) is 11.3. The van der Waals surface area contributed by atoms with Gasteiger partial charge in [-0.25, -0.2) is 12.7 Å². The van der Waals surface area contributed by atoms with Crippen molar-refractivity contribution < 1.29 is 8.42 Å². The molecule has 2 aromatic rings. The lowest BCUT2D eigenvalue weighted by Crippen LogP contribution is -2.56. The van der Waals surface area contributed by atoms with E-state index in [4.69, 9.17) is 0 Å². The molecule has 5 nitrogen and oxygen atoms in total. The van der Waals surface area contributed by atoms with E-state index in [1.165, 1.54) is 40.8 Å². The van der Waals surface area contributed by atoms with Crippen LogP contribution in [0.15, 0.2) is 57.2 Å². The van der Waals surface area contributed by atoms with Gasteiger partial charge in [-0.1, -0.05) is 23.9 Å². The predicted molar refractivity (Wildman–Crippen MR) is 113 cm³/mol. The predicted octanol–water partition coefficient (Wildman–Crippen LogP) is 3.63. The van der Waals surface area contributed by atoms with Gasteiger partial charge in [0.15, 0.2) is 0 Å². The zero-order valence-corrected chi connectivity index (χ0v) is 17.8. The van der Waals surface area contributed by atoms with Crippen LogP contribution in [-0.2, 0) is 10.0 Å². The molecule has 3 saturated heterocycles. The minimum atomic E-state index is -3.47. The maximum atomic E-state index is 12.8. The Hall–Kier alpha value is -1.54. The van der Waals surface area contributed by atoms with Crippen LogP contribution in [0.2, 0.25) is 0 Å². The first kappa shape index (κ1) is 18.5. The fraction of sp³-hybridized carbons (Fsp3) is 0.429. The summed E-state index contributed by atoms with van der Waals surface area (Å²) in [4.78, 5) is 7.73. The molecule has 7 heteroatoms. The van der Waals surface area contributed by atoms with E-state index in [1.54, 1.807) is 31.9 Å². The Morgan fingerprint density at radius 2 is 1.71 bits per heavy atom. The van der Waals surface area contributed by atoms with Crippen molar-refractivity contribution in [1.82, 2.24) is 9.21 Å². The van der Waals surface area contributed by atoms with Crippen molar-refractivity contribution in [3.63, 3.8) is 0 Å². The zero-order chi connectivity index (χ0) is 19.5. The van der Waals surface area contributed by atoms with E-state index in [0.717, 1.165) is 17.1 Å². The molecule has 28 heavy (non-hydrogen) atoms. The van der Waals surface area contributed by atoms with Crippen LogP contribution >= 0.6 is 11.8 Å². The molecule has 0 amide bonds. The van der Waals surface area contributed by atoms with Crippen molar-refractivity contribution >= 4 is 33.2 Å². The van der Waals surface area contributed by atoms with E-state index in [9.17, 15) is 8.42 Å². The van der Waals surface area contributed by atoms with E-state index in [-0.39, 0.29) is 0 Å². The van der Waals surface area contributed by atoms with E-state index in [2.05, 4.69) is 34.1 Å². The number of anilines is 2. The summed E-state index contributed by atoms with van der Waals surface area (Å²) in [5, 5.41) is 0. The molecule has 0 aliphatic carbocycles. The number of hydrogen-bond acceptors (Lipinski definition) is 5. The Bertz CT molecular complexity index is 1010. The van der Waals surface area contributed by atoms with Gasteiger partial charge in [0.25, 0.3) is 0 Å². The van der Waals surface area contributed by atoms with Gasteiger partial charge in [0.05, 0.1) is 16.3 Å². The van der Waals surface area contributed by atoms with Crippen LogP contribution in [0.3, 0.4) is 0 Å². The highest BCUT2D eigenvalue weighted by Gasteiger charge is 2.41. The monoisotopic (exact) mass is 415 g/mol. The molecule has 4 aliphatic rings. The van der Waals surface area contributed by atoms with Gasteiger partial charge in [0.1, 0.15) is 0 Å². The molecule has 1 atom stereocenters. The highest BCUT2D eigenvalue weighted by molar-refractivity contribution is 7.99. The molecule has 4 aliphatic heterocycles. The second kappa shape index (κ2) is 6.76. The minimum Gasteiger partial charge on any atom is -0.335 e.